The first-order valence-electron chi connectivity index (χ1n) is 3.88. The van der Waals surface area contributed by atoms with Crippen molar-refractivity contribution in [2.75, 3.05) is 6.61 Å². The van der Waals surface area contributed by atoms with Gasteiger partial charge in [0.1, 0.15) is 6.33 Å². The Hall–Kier alpha value is -1.65. The van der Waals surface area contributed by atoms with Gasteiger partial charge in [-0.25, -0.2) is 9.97 Å². The van der Waals surface area contributed by atoms with Crippen molar-refractivity contribution in [1.82, 2.24) is 9.97 Å². The molecule has 5 nitrogen and oxygen atoms in total. The standard InChI is InChI=1S/C8H10N2O3/c11-8(12)2-1-3-13-7-4-9-6-10-5-7/h4-6H,1-3H2,(H,11,12). The molecule has 0 aliphatic rings. The molecule has 1 heterocycles. The molecule has 5 heteroatoms. The van der Waals surface area contributed by atoms with Crippen LogP contribution in [0.1, 0.15) is 12.8 Å². The van der Waals surface area contributed by atoms with Crippen molar-refractivity contribution in [3.63, 3.8) is 0 Å². The van der Waals surface area contributed by atoms with Crippen LogP contribution in [-0.2, 0) is 4.79 Å². The van der Waals surface area contributed by atoms with Crippen LogP contribution in [0.2, 0.25) is 0 Å². The van der Waals surface area contributed by atoms with E-state index in [0.717, 1.165) is 0 Å². The Bertz CT molecular complexity index is 263. The molecule has 0 amide bonds. The fourth-order valence-corrected chi connectivity index (χ4v) is 0.773. The van der Waals surface area contributed by atoms with Gasteiger partial charge in [0.25, 0.3) is 0 Å². The van der Waals surface area contributed by atoms with E-state index in [4.69, 9.17) is 9.84 Å². The van der Waals surface area contributed by atoms with Gasteiger partial charge in [-0.1, -0.05) is 0 Å². The molecule has 0 saturated heterocycles. The summed E-state index contributed by atoms with van der Waals surface area (Å²) in [6, 6.07) is 0. The lowest BCUT2D eigenvalue weighted by Gasteiger charge is -2.02. The van der Waals surface area contributed by atoms with Crippen LogP contribution in [0.4, 0.5) is 0 Å². The zero-order chi connectivity index (χ0) is 9.52. The Labute approximate surface area is 75.4 Å². The molecule has 0 radical (unpaired) electrons. The second-order valence-corrected chi connectivity index (χ2v) is 2.42. The fourth-order valence-electron chi connectivity index (χ4n) is 0.773. The first-order chi connectivity index (χ1) is 6.29. The van der Waals surface area contributed by atoms with Gasteiger partial charge in [-0.2, -0.15) is 0 Å². The van der Waals surface area contributed by atoms with E-state index < -0.39 is 5.97 Å². The molecule has 1 aromatic heterocycles. The predicted octanol–water partition coefficient (Wildman–Crippen LogP) is 0.720. The van der Waals surface area contributed by atoms with Gasteiger partial charge in [0.2, 0.25) is 0 Å². The largest absolute Gasteiger partial charge is 0.490 e. The summed E-state index contributed by atoms with van der Waals surface area (Å²) in [7, 11) is 0. The summed E-state index contributed by atoms with van der Waals surface area (Å²) >= 11 is 0. The molecule has 13 heavy (non-hydrogen) atoms. The molecule has 1 rings (SSSR count). The van der Waals surface area contributed by atoms with Gasteiger partial charge in [0.05, 0.1) is 19.0 Å². The topological polar surface area (TPSA) is 72.3 Å². The Kier molecular flexibility index (Phi) is 3.69. The molecule has 0 aromatic carbocycles. The lowest BCUT2D eigenvalue weighted by molar-refractivity contribution is -0.137. The SMILES string of the molecule is O=C(O)CCCOc1cncnc1. The molecule has 1 N–H and O–H groups in total. The van der Waals surface area contributed by atoms with E-state index in [9.17, 15) is 4.79 Å². The quantitative estimate of drug-likeness (QED) is 0.679. The van der Waals surface area contributed by atoms with Gasteiger partial charge >= 0.3 is 5.97 Å². The summed E-state index contributed by atoms with van der Waals surface area (Å²) in [5.41, 5.74) is 0. The van der Waals surface area contributed by atoms with Crippen molar-refractivity contribution in [2.24, 2.45) is 0 Å². The molecule has 0 atom stereocenters. The van der Waals surface area contributed by atoms with Crippen LogP contribution < -0.4 is 4.74 Å². The smallest absolute Gasteiger partial charge is 0.303 e. The second kappa shape index (κ2) is 5.08. The summed E-state index contributed by atoms with van der Waals surface area (Å²) in [5.74, 6) is -0.249. The number of aromatic nitrogens is 2. The third-order valence-electron chi connectivity index (χ3n) is 1.34. The molecule has 0 fully saturated rings. The van der Waals surface area contributed by atoms with Gasteiger partial charge in [0.15, 0.2) is 5.75 Å². The number of carboxylic acids is 1. The third-order valence-corrected chi connectivity index (χ3v) is 1.34. The predicted molar refractivity (Wildman–Crippen MR) is 44.4 cm³/mol. The van der Waals surface area contributed by atoms with Gasteiger partial charge in [0, 0.05) is 6.42 Å². The lowest BCUT2D eigenvalue weighted by Crippen LogP contribution is -2.02. The number of nitrogens with zero attached hydrogens (tertiary/aromatic N) is 2. The highest BCUT2D eigenvalue weighted by molar-refractivity contribution is 5.66. The highest BCUT2D eigenvalue weighted by Gasteiger charge is 1.97. The molecular formula is C8H10N2O3. The minimum absolute atomic E-state index is 0.119. The van der Waals surface area contributed by atoms with Crippen molar-refractivity contribution in [3.8, 4) is 5.75 Å². The lowest BCUT2D eigenvalue weighted by atomic mass is 10.3. The fraction of sp³-hybridized carbons (Fsp3) is 0.375. The number of hydrogen-bond acceptors (Lipinski definition) is 4. The van der Waals surface area contributed by atoms with E-state index in [1.165, 1.54) is 18.7 Å². The Morgan fingerprint density at radius 1 is 1.46 bits per heavy atom. The number of ether oxygens (including phenoxy) is 1. The highest BCUT2D eigenvalue weighted by Crippen LogP contribution is 2.04. The zero-order valence-corrected chi connectivity index (χ0v) is 7.01. The summed E-state index contributed by atoms with van der Waals surface area (Å²) in [6.45, 7) is 0.375. The number of aliphatic carboxylic acids is 1. The van der Waals surface area contributed by atoms with Crippen molar-refractivity contribution in [2.45, 2.75) is 12.8 Å². The Morgan fingerprint density at radius 3 is 2.77 bits per heavy atom. The van der Waals surface area contributed by atoms with Gasteiger partial charge in [-0.15, -0.1) is 0 Å². The maximum absolute atomic E-state index is 10.1. The van der Waals surface area contributed by atoms with Crippen LogP contribution in [-0.4, -0.2) is 27.7 Å². The van der Waals surface area contributed by atoms with E-state index in [0.29, 0.717) is 18.8 Å². The molecule has 70 valence electrons. The van der Waals surface area contributed by atoms with E-state index in [2.05, 4.69) is 9.97 Å². The number of carbonyl (C=O) groups is 1. The molecule has 0 saturated carbocycles. The molecule has 0 unspecified atom stereocenters. The molecule has 0 aliphatic heterocycles. The van der Waals surface area contributed by atoms with Crippen LogP contribution in [0.25, 0.3) is 0 Å². The monoisotopic (exact) mass is 182 g/mol. The number of rotatable bonds is 5. The molecule has 1 aromatic rings. The summed E-state index contributed by atoms with van der Waals surface area (Å²) in [4.78, 5) is 17.6. The van der Waals surface area contributed by atoms with Crippen molar-refractivity contribution < 1.29 is 14.6 Å². The van der Waals surface area contributed by atoms with Gasteiger partial charge in [-0.05, 0) is 6.42 Å². The molecule has 0 bridgehead atoms. The first-order valence-corrected chi connectivity index (χ1v) is 3.88. The maximum atomic E-state index is 10.1. The van der Waals surface area contributed by atoms with E-state index >= 15 is 0 Å². The minimum Gasteiger partial charge on any atom is -0.490 e. The Balaban J connectivity index is 2.17. The van der Waals surface area contributed by atoms with E-state index in [1.807, 2.05) is 0 Å². The van der Waals surface area contributed by atoms with Crippen molar-refractivity contribution in [1.29, 1.82) is 0 Å². The van der Waals surface area contributed by atoms with Crippen molar-refractivity contribution in [3.05, 3.63) is 18.7 Å². The third kappa shape index (κ3) is 4.05. The minimum atomic E-state index is -0.812. The van der Waals surface area contributed by atoms with Crippen LogP contribution >= 0.6 is 0 Å². The van der Waals surface area contributed by atoms with Gasteiger partial charge < -0.3 is 9.84 Å². The number of hydrogen-bond donors (Lipinski definition) is 1. The normalized spacial score (nSPS) is 9.54. The highest BCUT2D eigenvalue weighted by atomic mass is 16.5. The summed E-state index contributed by atoms with van der Waals surface area (Å²) in [5, 5.41) is 8.33. The van der Waals surface area contributed by atoms with E-state index in [-0.39, 0.29) is 6.42 Å². The van der Waals surface area contributed by atoms with Crippen LogP contribution in [0.5, 0.6) is 5.75 Å². The van der Waals surface area contributed by atoms with Crippen LogP contribution in [0, 0.1) is 0 Å². The van der Waals surface area contributed by atoms with Crippen molar-refractivity contribution >= 4 is 5.97 Å². The van der Waals surface area contributed by atoms with Gasteiger partial charge in [-0.3, -0.25) is 4.79 Å². The van der Waals surface area contributed by atoms with E-state index in [1.54, 1.807) is 0 Å². The zero-order valence-electron chi connectivity index (χ0n) is 7.01. The van der Waals surface area contributed by atoms with Crippen LogP contribution in [0.3, 0.4) is 0 Å². The first kappa shape index (κ1) is 9.44. The average molecular weight is 182 g/mol. The number of carboxylic acid groups (broad SMARTS) is 1. The maximum Gasteiger partial charge on any atom is 0.303 e. The molecular weight excluding hydrogens is 172 g/mol. The summed E-state index contributed by atoms with van der Waals surface area (Å²) < 4.78 is 5.17. The van der Waals surface area contributed by atoms with Crippen LogP contribution in [0.15, 0.2) is 18.7 Å². The molecule has 0 spiro atoms. The Morgan fingerprint density at radius 2 is 2.15 bits per heavy atom. The molecule has 0 aliphatic carbocycles. The second-order valence-electron chi connectivity index (χ2n) is 2.42. The average Bonchev–Trinajstić information content (AvgIpc) is 2.14. The summed E-state index contributed by atoms with van der Waals surface area (Å²) in [6.07, 6.45) is 5.09.